The highest BCUT2D eigenvalue weighted by atomic mass is 16.5. The Kier molecular flexibility index (Phi) is 4.90. The van der Waals surface area contributed by atoms with Crippen molar-refractivity contribution in [2.24, 2.45) is 11.3 Å². The smallest absolute Gasteiger partial charge is 0.329 e. The molecule has 2 heterocycles. The van der Waals surface area contributed by atoms with Crippen molar-refractivity contribution in [2.45, 2.75) is 39.3 Å². The molecule has 5 nitrogen and oxygen atoms in total. The van der Waals surface area contributed by atoms with Crippen LogP contribution in [0.3, 0.4) is 0 Å². The molecule has 5 heteroatoms. The van der Waals surface area contributed by atoms with E-state index in [4.69, 9.17) is 4.74 Å². The molecule has 1 aromatic rings. The topological polar surface area (TPSA) is 58.6 Å². The molecule has 0 unspecified atom stereocenters. The Hall–Kier alpha value is -1.88. The van der Waals surface area contributed by atoms with Crippen LogP contribution in [0.25, 0.3) is 0 Å². The van der Waals surface area contributed by atoms with Gasteiger partial charge in [0.05, 0.1) is 5.41 Å². The Balaban J connectivity index is 1.68. The number of hydrogen-bond acceptors (Lipinski definition) is 4. The van der Waals surface area contributed by atoms with E-state index in [9.17, 15) is 9.59 Å². The van der Waals surface area contributed by atoms with Gasteiger partial charge < -0.3 is 15.0 Å². The van der Waals surface area contributed by atoms with Crippen LogP contribution < -0.4 is 5.32 Å². The molecule has 2 atom stereocenters. The van der Waals surface area contributed by atoms with Gasteiger partial charge in [-0.15, -0.1) is 0 Å². The highest BCUT2D eigenvalue weighted by Crippen LogP contribution is 2.39. The first-order valence-corrected chi connectivity index (χ1v) is 8.76. The zero-order chi connectivity index (χ0) is 17.2. The molecule has 0 saturated carbocycles. The standard InChI is InChI=1S/C19H26N2O3/c1-14(2)16(17(22)24-12-15-6-4-3-5-7-15)21-11-9-19(18(21)23)8-10-20-13-19/h3-7,14,16,20H,8-13H2,1-2H3/t16-,19+/m0/s1. The van der Waals surface area contributed by atoms with E-state index in [0.717, 1.165) is 31.5 Å². The summed E-state index contributed by atoms with van der Waals surface area (Å²) in [6.07, 6.45) is 1.69. The van der Waals surface area contributed by atoms with E-state index >= 15 is 0 Å². The molecule has 0 aromatic heterocycles. The monoisotopic (exact) mass is 330 g/mol. The second-order valence-electron chi connectivity index (χ2n) is 7.24. The summed E-state index contributed by atoms with van der Waals surface area (Å²) in [5, 5.41) is 3.29. The third kappa shape index (κ3) is 3.18. The van der Waals surface area contributed by atoms with E-state index in [-0.39, 0.29) is 29.8 Å². The Morgan fingerprint density at radius 3 is 2.67 bits per heavy atom. The van der Waals surface area contributed by atoms with Crippen molar-refractivity contribution in [3.8, 4) is 0 Å². The molecule has 2 saturated heterocycles. The van der Waals surface area contributed by atoms with Crippen LogP contribution in [0, 0.1) is 11.3 Å². The SMILES string of the molecule is CC(C)[C@@H](C(=O)OCc1ccccc1)N1CC[C@@]2(CCNC2)C1=O. The number of hydrogen-bond donors (Lipinski definition) is 1. The summed E-state index contributed by atoms with van der Waals surface area (Å²) in [5.74, 6) is -0.158. The van der Waals surface area contributed by atoms with Crippen molar-refractivity contribution in [1.29, 1.82) is 0 Å². The number of esters is 1. The number of rotatable bonds is 5. The number of nitrogens with zero attached hydrogens (tertiary/aromatic N) is 1. The van der Waals surface area contributed by atoms with Crippen LogP contribution in [0.2, 0.25) is 0 Å². The maximum Gasteiger partial charge on any atom is 0.329 e. The van der Waals surface area contributed by atoms with Gasteiger partial charge >= 0.3 is 5.97 Å². The first-order valence-electron chi connectivity index (χ1n) is 8.76. The first-order chi connectivity index (χ1) is 11.5. The van der Waals surface area contributed by atoms with Crippen LogP contribution in [0.4, 0.5) is 0 Å². The summed E-state index contributed by atoms with van der Waals surface area (Å²) in [4.78, 5) is 27.3. The van der Waals surface area contributed by atoms with E-state index in [1.165, 1.54) is 0 Å². The summed E-state index contributed by atoms with van der Waals surface area (Å²) in [7, 11) is 0. The molecule has 1 aromatic carbocycles. The van der Waals surface area contributed by atoms with Gasteiger partial charge in [0.25, 0.3) is 0 Å². The van der Waals surface area contributed by atoms with Gasteiger partial charge in [0.15, 0.2) is 0 Å². The van der Waals surface area contributed by atoms with E-state index in [1.807, 2.05) is 44.2 Å². The van der Waals surface area contributed by atoms with Crippen molar-refractivity contribution in [3.05, 3.63) is 35.9 Å². The molecule has 0 bridgehead atoms. The maximum absolute atomic E-state index is 12.9. The van der Waals surface area contributed by atoms with Gasteiger partial charge in [0.1, 0.15) is 12.6 Å². The molecule has 130 valence electrons. The van der Waals surface area contributed by atoms with Gasteiger partial charge in [-0.2, -0.15) is 0 Å². The van der Waals surface area contributed by atoms with Crippen LogP contribution in [0.15, 0.2) is 30.3 Å². The van der Waals surface area contributed by atoms with Crippen molar-refractivity contribution < 1.29 is 14.3 Å². The zero-order valence-corrected chi connectivity index (χ0v) is 14.5. The lowest BCUT2D eigenvalue weighted by molar-refractivity contribution is -0.158. The number of nitrogens with one attached hydrogen (secondary N) is 1. The molecule has 0 aliphatic carbocycles. The first kappa shape index (κ1) is 17.0. The minimum absolute atomic E-state index is 0.0294. The molecule has 3 rings (SSSR count). The van der Waals surface area contributed by atoms with Crippen LogP contribution >= 0.6 is 0 Å². The number of ether oxygens (including phenoxy) is 1. The third-order valence-corrected chi connectivity index (χ3v) is 5.22. The average molecular weight is 330 g/mol. The second kappa shape index (κ2) is 6.93. The van der Waals surface area contributed by atoms with Gasteiger partial charge in [0, 0.05) is 13.1 Å². The molecule has 2 fully saturated rings. The number of carbonyl (C=O) groups excluding carboxylic acids is 2. The average Bonchev–Trinajstić information content (AvgIpc) is 3.17. The summed E-state index contributed by atoms with van der Waals surface area (Å²) >= 11 is 0. The molecule has 1 spiro atoms. The summed E-state index contributed by atoms with van der Waals surface area (Å²) < 4.78 is 5.51. The lowest BCUT2D eigenvalue weighted by Gasteiger charge is -2.31. The predicted octanol–water partition coefficient (Wildman–Crippen LogP) is 1.97. The van der Waals surface area contributed by atoms with Crippen molar-refractivity contribution in [1.82, 2.24) is 10.2 Å². The van der Waals surface area contributed by atoms with E-state index in [2.05, 4.69) is 5.32 Å². The fourth-order valence-corrected chi connectivity index (χ4v) is 3.83. The molecule has 1 N–H and O–H groups in total. The Labute approximate surface area is 143 Å². The fraction of sp³-hybridized carbons (Fsp3) is 0.579. The summed E-state index contributed by atoms with van der Waals surface area (Å²) in [5.41, 5.74) is 0.657. The van der Waals surface area contributed by atoms with Crippen LogP contribution in [0.5, 0.6) is 0 Å². The van der Waals surface area contributed by atoms with Crippen LogP contribution in [-0.4, -0.2) is 42.5 Å². The van der Waals surface area contributed by atoms with Gasteiger partial charge in [-0.3, -0.25) is 4.79 Å². The van der Waals surface area contributed by atoms with Gasteiger partial charge in [-0.25, -0.2) is 4.79 Å². The summed E-state index contributed by atoms with van der Waals surface area (Å²) in [6.45, 7) is 6.44. The van der Waals surface area contributed by atoms with E-state index in [1.54, 1.807) is 4.90 Å². The van der Waals surface area contributed by atoms with Gasteiger partial charge in [-0.05, 0) is 30.9 Å². The highest BCUT2D eigenvalue weighted by Gasteiger charge is 2.51. The highest BCUT2D eigenvalue weighted by molar-refractivity contribution is 5.90. The van der Waals surface area contributed by atoms with Crippen LogP contribution in [-0.2, 0) is 20.9 Å². The largest absolute Gasteiger partial charge is 0.459 e. The van der Waals surface area contributed by atoms with Crippen molar-refractivity contribution in [3.63, 3.8) is 0 Å². The predicted molar refractivity (Wildman–Crippen MR) is 91.1 cm³/mol. The van der Waals surface area contributed by atoms with E-state index < -0.39 is 6.04 Å². The lowest BCUT2D eigenvalue weighted by Crippen LogP contribution is -2.49. The van der Waals surface area contributed by atoms with Gasteiger partial charge in [0.2, 0.25) is 5.91 Å². The normalized spacial score (nSPS) is 24.8. The molecular formula is C19H26N2O3. The van der Waals surface area contributed by atoms with Crippen molar-refractivity contribution in [2.75, 3.05) is 19.6 Å². The fourth-order valence-electron chi connectivity index (χ4n) is 3.83. The summed E-state index contributed by atoms with van der Waals surface area (Å²) in [6, 6.07) is 9.13. The molecule has 2 aliphatic heterocycles. The molecule has 0 radical (unpaired) electrons. The quantitative estimate of drug-likeness (QED) is 0.839. The lowest BCUT2D eigenvalue weighted by atomic mass is 9.85. The van der Waals surface area contributed by atoms with Crippen LogP contribution in [0.1, 0.15) is 32.3 Å². The Morgan fingerprint density at radius 1 is 1.29 bits per heavy atom. The Bertz CT molecular complexity index is 594. The molecular weight excluding hydrogens is 304 g/mol. The third-order valence-electron chi connectivity index (χ3n) is 5.22. The van der Waals surface area contributed by atoms with E-state index in [0.29, 0.717) is 6.54 Å². The molecule has 1 amide bonds. The zero-order valence-electron chi connectivity index (χ0n) is 14.5. The molecule has 24 heavy (non-hydrogen) atoms. The minimum atomic E-state index is -0.499. The maximum atomic E-state index is 12.9. The number of amides is 1. The number of likely N-dealkylation sites (tertiary alicyclic amines) is 1. The minimum Gasteiger partial charge on any atom is -0.459 e. The second-order valence-corrected chi connectivity index (χ2v) is 7.24. The van der Waals surface area contributed by atoms with Crippen molar-refractivity contribution >= 4 is 11.9 Å². The number of carbonyl (C=O) groups is 2. The van der Waals surface area contributed by atoms with Gasteiger partial charge in [-0.1, -0.05) is 44.2 Å². The Morgan fingerprint density at radius 2 is 2.04 bits per heavy atom. The number of benzene rings is 1. The molecule has 2 aliphatic rings.